The summed E-state index contributed by atoms with van der Waals surface area (Å²) in [6.07, 6.45) is 3.76. The molecule has 2 fully saturated rings. The molecule has 2 aromatic carbocycles. The number of benzene rings is 2. The summed E-state index contributed by atoms with van der Waals surface area (Å²) in [5, 5.41) is 9.31. The molecule has 2 atom stereocenters. The fourth-order valence-corrected chi connectivity index (χ4v) is 6.36. The minimum absolute atomic E-state index is 0.0232. The zero-order chi connectivity index (χ0) is 24.3. The van der Waals surface area contributed by atoms with Crippen LogP contribution < -0.4 is 9.64 Å². The van der Waals surface area contributed by atoms with E-state index in [-0.39, 0.29) is 17.2 Å². The van der Waals surface area contributed by atoms with Crippen LogP contribution >= 0.6 is 0 Å². The minimum Gasteiger partial charge on any atom is -0.480 e. The van der Waals surface area contributed by atoms with E-state index in [1.165, 1.54) is 37.1 Å². The number of esters is 1. The van der Waals surface area contributed by atoms with Crippen LogP contribution in [0.1, 0.15) is 50.5 Å². The van der Waals surface area contributed by atoms with E-state index in [0.717, 1.165) is 28.6 Å². The van der Waals surface area contributed by atoms with Crippen LogP contribution in [0.4, 0.5) is 5.69 Å². The summed E-state index contributed by atoms with van der Waals surface area (Å²) in [6, 6.07) is 12.5. The summed E-state index contributed by atoms with van der Waals surface area (Å²) < 4.78 is 32.4. The molecule has 2 saturated heterocycles. The second-order valence-electron chi connectivity index (χ2n) is 8.75. The molecule has 0 aliphatic carbocycles. The summed E-state index contributed by atoms with van der Waals surface area (Å²) >= 11 is 0. The first-order valence-corrected chi connectivity index (χ1v) is 13.2. The number of carboxylic acid groups (broad SMARTS) is 1. The molecular weight excluding hydrogens is 456 g/mol. The monoisotopic (exact) mass is 486 g/mol. The highest BCUT2D eigenvalue weighted by Gasteiger charge is 2.39. The molecule has 2 aliphatic heterocycles. The number of carbonyl (C=O) groups is 2. The second-order valence-corrected chi connectivity index (χ2v) is 10.6. The number of carbonyl (C=O) groups excluding carboxylic acids is 1. The molecule has 0 aromatic heterocycles. The molecule has 0 saturated carbocycles. The van der Waals surface area contributed by atoms with Gasteiger partial charge in [-0.25, -0.2) is 8.42 Å². The van der Waals surface area contributed by atoms with Gasteiger partial charge in [0.05, 0.1) is 10.8 Å². The third-order valence-electron chi connectivity index (χ3n) is 6.60. The van der Waals surface area contributed by atoms with Crippen molar-refractivity contribution in [3.05, 3.63) is 54.1 Å². The van der Waals surface area contributed by atoms with Gasteiger partial charge in [-0.15, -0.1) is 0 Å². The van der Waals surface area contributed by atoms with E-state index in [1.54, 1.807) is 0 Å². The molecule has 2 heterocycles. The molecule has 0 spiro atoms. The number of carboxylic acids is 1. The van der Waals surface area contributed by atoms with Crippen LogP contribution in [0.15, 0.2) is 53.4 Å². The molecule has 34 heavy (non-hydrogen) atoms. The Hall–Kier alpha value is -2.91. The van der Waals surface area contributed by atoms with Gasteiger partial charge in [0.2, 0.25) is 10.0 Å². The van der Waals surface area contributed by atoms with Gasteiger partial charge in [0, 0.05) is 25.3 Å². The number of sulfonamides is 1. The normalized spacial score (nSPS) is 19.8. The Balaban J connectivity index is 1.44. The van der Waals surface area contributed by atoms with Crippen LogP contribution in [0.25, 0.3) is 0 Å². The zero-order valence-electron chi connectivity index (χ0n) is 19.2. The van der Waals surface area contributed by atoms with Crippen molar-refractivity contribution in [2.75, 3.05) is 24.5 Å². The van der Waals surface area contributed by atoms with Crippen molar-refractivity contribution in [3.8, 4) is 5.75 Å². The quantitative estimate of drug-likeness (QED) is 0.449. The summed E-state index contributed by atoms with van der Waals surface area (Å²) in [7, 11) is -3.95. The van der Waals surface area contributed by atoms with Crippen LogP contribution in [0, 0.1) is 0 Å². The largest absolute Gasteiger partial charge is 0.480 e. The maximum Gasteiger partial charge on any atom is 0.322 e. The van der Waals surface area contributed by atoms with E-state index in [2.05, 4.69) is 4.90 Å². The molecular formula is C25H30N2O6S. The maximum atomic E-state index is 12.9. The molecule has 1 N–H and O–H groups in total. The molecule has 0 bridgehead atoms. The predicted molar refractivity (Wildman–Crippen MR) is 128 cm³/mol. The van der Waals surface area contributed by atoms with E-state index >= 15 is 0 Å². The minimum atomic E-state index is -3.95. The molecule has 1 unspecified atom stereocenters. The Labute approximate surface area is 200 Å². The van der Waals surface area contributed by atoms with E-state index in [1.807, 2.05) is 31.2 Å². The van der Waals surface area contributed by atoms with E-state index in [4.69, 9.17) is 4.74 Å². The topological polar surface area (TPSA) is 104 Å². The van der Waals surface area contributed by atoms with Crippen molar-refractivity contribution in [2.45, 2.75) is 55.9 Å². The Bertz CT molecular complexity index is 1130. The van der Waals surface area contributed by atoms with Gasteiger partial charge >= 0.3 is 11.9 Å². The van der Waals surface area contributed by atoms with Crippen LogP contribution in [-0.2, 0) is 19.6 Å². The first kappa shape index (κ1) is 24.2. The number of hydrogen-bond acceptors (Lipinski definition) is 6. The lowest BCUT2D eigenvalue weighted by Gasteiger charge is -2.21. The second kappa shape index (κ2) is 10.1. The highest BCUT2D eigenvalue weighted by Crippen LogP contribution is 2.29. The van der Waals surface area contributed by atoms with Crippen LogP contribution in [0.3, 0.4) is 0 Å². The van der Waals surface area contributed by atoms with Gasteiger partial charge in [0.15, 0.2) is 0 Å². The molecule has 4 rings (SSSR count). The van der Waals surface area contributed by atoms with Crippen LogP contribution in [0.2, 0.25) is 0 Å². The predicted octanol–water partition coefficient (Wildman–Crippen LogP) is 3.62. The summed E-state index contributed by atoms with van der Waals surface area (Å²) in [5.41, 5.74) is 2.03. The highest BCUT2D eigenvalue weighted by atomic mass is 32.2. The molecule has 9 heteroatoms. The molecule has 0 radical (unpaired) electrons. The van der Waals surface area contributed by atoms with Crippen LogP contribution in [0.5, 0.6) is 5.75 Å². The first-order valence-electron chi connectivity index (χ1n) is 11.7. The van der Waals surface area contributed by atoms with Crippen molar-refractivity contribution >= 4 is 27.6 Å². The Morgan fingerprint density at radius 1 is 1.00 bits per heavy atom. The number of anilines is 1. The third kappa shape index (κ3) is 4.95. The lowest BCUT2D eigenvalue weighted by Crippen LogP contribution is -2.40. The van der Waals surface area contributed by atoms with Gasteiger partial charge in [-0.3, -0.25) is 9.59 Å². The van der Waals surface area contributed by atoms with Crippen molar-refractivity contribution in [2.24, 2.45) is 0 Å². The molecule has 182 valence electrons. The van der Waals surface area contributed by atoms with Crippen molar-refractivity contribution in [1.29, 1.82) is 0 Å². The lowest BCUT2D eigenvalue weighted by molar-refractivity contribution is -0.140. The van der Waals surface area contributed by atoms with Crippen molar-refractivity contribution in [1.82, 2.24) is 4.31 Å². The summed E-state index contributed by atoms with van der Waals surface area (Å²) in [6.45, 7) is 4.20. The summed E-state index contributed by atoms with van der Waals surface area (Å²) in [5.74, 6) is -1.74. The van der Waals surface area contributed by atoms with Gasteiger partial charge in [0.1, 0.15) is 11.8 Å². The SMILES string of the molecule is CCC(C(=O)Oc1ccc(S(=O)(=O)N2CCC[C@H]2C(=O)O)cc1)c1ccc(N2CCCC2)cc1. The number of nitrogens with zero attached hydrogens (tertiary/aromatic N) is 2. The van der Waals surface area contributed by atoms with Gasteiger partial charge in [-0.05, 0) is 74.1 Å². The Kier molecular flexibility index (Phi) is 7.23. The average molecular weight is 487 g/mol. The smallest absolute Gasteiger partial charge is 0.322 e. The van der Waals surface area contributed by atoms with Gasteiger partial charge in [-0.1, -0.05) is 19.1 Å². The molecule has 8 nitrogen and oxygen atoms in total. The van der Waals surface area contributed by atoms with Gasteiger partial charge in [0.25, 0.3) is 0 Å². The number of hydrogen-bond donors (Lipinski definition) is 1. The average Bonchev–Trinajstić information content (AvgIpc) is 3.53. The lowest BCUT2D eigenvalue weighted by atomic mass is 9.96. The van der Waals surface area contributed by atoms with Crippen molar-refractivity contribution < 1.29 is 27.9 Å². The van der Waals surface area contributed by atoms with E-state index < -0.39 is 33.9 Å². The number of rotatable bonds is 8. The third-order valence-corrected chi connectivity index (χ3v) is 8.52. The van der Waals surface area contributed by atoms with E-state index in [0.29, 0.717) is 19.3 Å². The molecule has 0 amide bonds. The molecule has 2 aromatic rings. The fraction of sp³-hybridized carbons (Fsp3) is 0.440. The Morgan fingerprint density at radius 3 is 2.24 bits per heavy atom. The zero-order valence-corrected chi connectivity index (χ0v) is 20.0. The van der Waals surface area contributed by atoms with Gasteiger partial charge < -0.3 is 14.7 Å². The van der Waals surface area contributed by atoms with Crippen LogP contribution in [-0.4, -0.2) is 55.4 Å². The summed E-state index contributed by atoms with van der Waals surface area (Å²) in [4.78, 5) is 26.6. The standard InChI is InChI=1S/C25H30N2O6S/c1-2-22(18-7-9-19(10-8-18)26-15-3-4-16-26)25(30)33-20-11-13-21(14-12-20)34(31,32)27-17-5-6-23(27)24(28)29/h7-14,22-23H,2-6,15-17H2,1H3,(H,28,29)/t22?,23-/m0/s1. The fourth-order valence-electron chi connectivity index (χ4n) is 4.71. The molecule has 2 aliphatic rings. The van der Waals surface area contributed by atoms with E-state index in [9.17, 15) is 23.1 Å². The van der Waals surface area contributed by atoms with Crippen molar-refractivity contribution in [3.63, 3.8) is 0 Å². The van der Waals surface area contributed by atoms with Gasteiger partial charge in [-0.2, -0.15) is 4.31 Å². The number of ether oxygens (including phenoxy) is 1. The number of aliphatic carboxylic acids is 1. The highest BCUT2D eigenvalue weighted by molar-refractivity contribution is 7.89. The Morgan fingerprint density at radius 2 is 1.65 bits per heavy atom. The first-order chi connectivity index (χ1) is 16.3. The maximum absolute atomic E-state index is 12.9.